The highest BCUT2D eigenvalue weighted by molar-refractivity contribution is 5.91. The molecule has 30 heavy (non-hydrogen) atoms. The van der Waals surface area contributed by atoms with Gasteiger partial charge in [-0.25, -0.2) is 4.98 Å². The fourth-order valence-corrected chi connectivity index (χ4v) is 3.56. The van der Waals surface area contributed by atoms with Gasteiger partial charge in [-0.05, 0) is 24.1 Å². The van der Waals surface area contributed by atoms with E-state index in [4.69, 9.17) is 13.9 Å². The van der Waals surface area contributed by atoms with E-state index in [9.17, 15) is 9.90 Å². The van der Waals surface area contributed by atoms with Crippen molar-refractivity contribution in [2.45, 2.75) is 32.5 Å². The van der Waals surface area contributed by atoms with Crippen molar-refractivity contribution in [2.75, 3.05) is 39.5 Å². The average molecular weight is 416 g/mol. The van der Waals surface area contributed by atoms with Crippen molar-refractivity contribution in [3.05, 3.63) is 41.6 Å². The Hall–Kier alpha value is -2.62. The summed E-state index contributed by atoms with van der Waals surface area (Å²) < 4.78 is 16.2. The number of fused-ring (bicyclic) bond motifs is 1. The van der Waals surface area contributed by atoms with Gasteiger partial charge in [-0.1, -0.05) is 13.0 Å². The maximum Gasteiger partial charge on any atom is 0.273 e. The highest BCUT2D eigenvalue weighted by atomic mass is 16.7. The second-order valence-corrected chi connectivity index (χ2v) is 7.64. The predicted molar refractivity (Wildman–Crippen MR) is 108 cm³/mol. The van der Waals surface area contributed by atoms with Crippen molar-refractivity contribution in [3.63, 3.8) is 0 Å². The first kappa shape index (κ1) is 20.6. The summed E-state index contributed by atoms with van der Waals surface area (Å²) in [4.78, 5) is 21.3. The van der Waals surface area contributed by atoms with E-state index in [1.165, 1.54) is 6.26 Å². The van der Waals surface area contributed by atoms with Gasteiger partial charge in [0.2, 0.25) is 12.7 Å². The summed E-state index contributed by atoms with van der Waals surface area (Å²) >= 11 is 0. The molecule has 0 radical (unpaired) electrons. The zero-order chi connectivity index (χ0) is 20.9. The number of aliphatic hydroxyl groups excluding tert-OH is 1. The first-order chi connectivity index (χ1) is 14.6. The topological polar surface area (TPSA) is 100 Å². The number of rotatable bonds is 8. The van der Waals surface area contributed by atoms with E-state index in [2.05, 4.69) is 20.1 Å². The Balaban J connectivity index is 1.23. The number of benzene rings is 1. The largest absolute Gasteiger partial charge is 0.454 e. The summed E-state index contributed by atoms with van der Waals surface area (Å²) in [6.45, 7) is 7.44. The number of nitrogens with zero attached hydrogens (tertiary/aromatic N) is 3. The number of carbonyl (C=O) groups is 1. The summed E-state index contributed by atoms with van der Waals surface area (Å²) in [6, 6.07) is 5.58. The number of piperazine rings is 1. The van der Waals surface area contributed by atoms with Crippen LogP contribution in [-0.4, -0.2) is 71.4 Å². The van der Waals surface area contributed by atoms with Crippen molar-refractivity contribution in [1.82, 2.24) is 20.1 Å². The number of amides is 1. The van der Waals surface area contributed by atoms with Crippen molar-refractivity contribution in [2.24, 2.45) is 0 Å². The maximum absolute atomic E-state index is 12.4. The number of oxazole rings is 1. The Morgan fingerprint density at radius 2 is 1.97 bits per heavy atom. The van der Waals surface area contributed by atoms with Crippen LogP contribution in [0.25, 0.3) is 0 Å². The molecule has 1 saturated heterocycles. The molecule has 0 bridgehead atoms. The number of β-amino-alcohol motifs (C(OH)–C–C–N with tert-alkyl or cyclic N) is 1. The number of aliphatic hydroxyl groups is 1. The normalized spacial score (nSPS) is 17.8. The molecule has 1 aromatic heterocycles. The second kappa shape index (κ2) is 9.46. The van der Waals surface area contributed by atoms with Crippen LogP contribution in [-0.2, 0) is 13.1 Å². The molecule has 4 rings (SSSR count). The number of hydrogen-bond donors (Lipinski definition) is 2. The third kappa shape index (κ3) is 5.10. The SMILES string of the molecule is CC[C@H](O)CN1CCN(Cc2nc(C(=O)NCc3ccc4c(c3)OCO4)co2)CC1. The molecule has 162 valence electrons. The monoisotopic (exact) mass is 416 g/mol. The quantitative estimate of drug-likeness (QED) is 0.663. The highest BCUT2D eigenvalue weighted by Gasteiger charge is 2.21. The van der Waals surface area contributed by atoms with Gasteiger partial charge in [0, 0.05) is 39.3 Å². The van der Waals surface area contributed by atoms with Gasteiger partial charge in [0.05, 0.1) is 12.6 Å². The van der Waals surface area contributed by atoms with E-state index in [1.54, 1.807) is 0 Å². The summed E-state index contributed by atoms with van der Waals surface area (Å²) in [5, 5.41) is 12.6. The summed E-state index contributed by atoms with van der Waals surface area (Å²) in [7, 11) is 0. The third-order valence-corrected chi connectivity index (χ3v) is 5.44. The van der Waals surface area contributed by atoms with E-state index in [0.29, 0.717) is 30.5 Å². The lowest BCUT2D eigenvalue weighted by Crippen LogP contribution is -2.48. The molecule has 1 aromatic carbocycles. The molecule has 3 heterocycles. The summed E-state index contributed by atoms with van der Waals surface area (Å²) in [5.41, 5.74) is 1.19. The number of nitrogens with one attached hydrogen (secondary N) is 1. The van der Waals surface area contributed by atoms with Crippen LogP contribution in [0.1, 0.15) is 35.3 Å². The second-order valence-electron chi connectivity index (χ2n) is 7.64. The number of hydrogen-bond acceptors (Lipinski definition) is 8. The fraction of sp³-hybridized carbons (Fsp3) is 0.524. The number of ether oxygens (including phenoxy) is 2. The molecule has 1 atom stereocenters. The molecule has 9 nitrogen and oxygen atoms in total. The van der Waals surface area contributed by atoms with Gasteiger partial charge in [0.25, 0.3) is 5.91 Å². The van der Waals surface area contributed by atoms with Crippen LogP contribution in [0, 0.1) is 0 Å². The van der Waals surface area contributed by atoms with Crippen LogP contribution in [0.2, 0.25) is 0 Å². The Bertz CT molecular complexity index is 863. The van der Waals surface area contributed by atoms with E-state index in [0.717, 1.165) is 44.7 Å². The molecule has 2 N–H and O–H groups in total. The van der Waals surface area contributed by atoms with E-state index in [1.807, 2.05) is 25.1 Å². The van der Waals surface area contributed by atoms with Crippen molar-refractivity contribution in [3.8, 4) is 11.5 Å². The van der Waals surface area contributed by atoms with Crippen LogP contribution >= 0.6 is 0 Å². The van der Waals surface area contributed by atoms with Gasteiger partial charge < -0.3 is 24.3 Å². The molecule has 2 aromatic rings. The Kier molecular flexibility index (Phi) is 6.51. The van der Waals surface area contributed by atoms with Gasteiger partial charge >= 0.3 is 0 Å². The Labute approximate surface area is 175 Å². The zero-order valence-corrected chi connectivity index (χ0v) is 17.2. The summed E-state index contributed by atoms with van der Waals surface area (Å²) in [6.07, 6.45) is 1.91. The van der Waals surface area contributed by atoms with Crippen LogP contribution in [0.4, 0.5) is 0 Å². The molecular formula is C21H28N4O5. The van der Waals surface area contributed by atoms with Gasteiger partial charge in [-0.2, -0.15) is 0 Å². The fourth-order valence-electron chi connectivity index (χ4n) is 3.56. The molecule has 0 spiro atoms. The molecule has 0 unspecified atom stereocenters. The first-order valence-corrected chi connectivity index (χ1v) is 10.3. The number of aromatic nitrogens is 1. The van der Waals surface area contributed by atoms with Crippen LogP contribution in [0.15, 0.2) is 28.9 Å². The Morgan fingerprint density at radius 1 is 1.20 bits per heavy atom. The van der Waals surface area contributed by atoms with Gasteiger partial charge in [0.1, 0.15) is 6.26 Å². The van der Waals surface area contributed by atoms with Crippen LogP contribution in [0.3, 0.4) is 0 Å². The molecule has 2 aliphatic rings. The lowest BCUT2D eigenvalue weighted by atomic mass is 10.2. The van der Waals surface area contributed by atoms with E-state index < -0.39 is 0 Å². The van der Waals surface area contributed by atoms with Gasteiger partial charge in [-0.15, -0.1) is 0 Å². The van der Waals surface area contributed by atoms with Gasteiger partial charge in [-0.3, -0.25) is 14.6 Å². The van der Waals surface area contributed by atoms with Crippen molar-refractivity contribution >= 4 is 5.91 Å². The molecule has 0 aliphatic carbocycles. The zero-order valence-electron chi connectivity index (χ0n) is 17.2. The minimum atomic E-state index is -0.277. The molecular weight excluding hydrogens is 388 g/mol. The van der Waals surface area contributed by atoms with Crippen molar-refractivity contribution < 1.29 is 23.8 Å². The smallest absolute Gasteiger partial charge is 0.273 e. The predicted octanol–water partition coefficient (Wildman–Crippen LogP) is 1.22. The minimum absolute atomic E-state index is 0.225. The molecule has 2 aliphatic heterocycles. The lowest BCUT2D eigenvalue weighted by molar-refractivity contribution is 0.0658. The average Bonchev–Trinajstić information content (AvgIpc) is 3.42. The van der Waals surface area contributed by atoms with Crippen molar-refractivity contribution in [1.29, 1.82) is 0 Å². The minimum Gasteiger partial charge on any atom is -0.454 e. The lowest BCUT2D eigenvalue weighted by Gasteiger charge is -2.34. The summed E-state index contributed by atoms with van der Waals surface area (Å²) in [5.74, 6) is 1.66. The maximum atomic E-state index is 12.4. The highest BCUT2D eigenvalue weighted by Crippen LogP contribution is 2.32. The molecule has 1 fully saturated rings. The third-order valence-electron chi connectivity index (χ3n) is 5.44. The number of carbonyl (C=O) groups excluding carboxylic acids is 1. The van der Waals surface area contributed by atoms with Crippen LogP contribution in [0.5, 0.6) is 11.5 Å². The standard InChI is InChI=1S/C21H28N4O5/c1-2-16(26)11-24-5-7-25(8-6-24)12-20-23-17(13-28-20)21(27)22-10-15-3-4-18-19(9-15)30-14-29-18/h3-4,9,13,16,26H,2,5-8,10-12,14H2,1H3,(H,22,27)/t16-/m0/s1. The van der Waals surface area contributed by atoms with Crippen LogP contribution < -0.4 is 14.8 Å². The molecule has 9 heteroatoms. The van der Waals surface area contributed by atoms with E-state index >= 15 is 0 Å². The molecule has 1 amide bonds. The van der Waals surface area contributed by atoms with E-state index in [-0.39, 0.29) is 24.5 Å². The Morgan fingerprint density at radius 3 is 2.77 bits per heavy atom. The first-order valence-electron chi connectivity index (χ1n) is 10.3. The molecule has 0 saturated carbocycles. The van der Waals surface area contributed by atoms with Gasteiger partial charge in [0.15, 0.2) is 17.2 Å².